The van der Waals surface area contributed by atoms with Crippen molar-refractivity contribution in [2.45, 2.75) is 48.9 Å². The SMILES string of the molecule is CC(O)c1nc2nccc(SCC3=C(C(=O)O)N4C(=O)C(NC(=O)C(=NOC(C)(C)C(=O)NN)c5csc(N)n5)[C@@H]4SC3)n2n1. The second kappa shape index (κ2) is 12.6. The molecule has 2 aliphatic heterocycles. The maximum atomic E-state index is 13.4. The quantitative estimate of drug-likeness (QED) is 0.0277. The van der Waals surface area contributed by atoms with Crippen molar-refractivity contribution in [3.05, 3.63) is 40.4 Å². The number of amides is 3. The number of carboxylic acids is 1. The number of aliphatic hydroxyl groups is 1. The number of carbonyl (C=O) groups excluding carboxylic acids is 3. The third-order valence-corrected chi connectivity index (χ3v) is 9.66. The number of hydrogen-bond donors (Lipinski definition) is 6. The maximum Gasteiger partial charge on any atom is 0.352 e. The Balaban J connectivity index is 1.33. The van der Waals surface area contributed by atoms with Crippen LogP contribution in [-0.2, 0) is 24.0 Å². The van der Waals surface area contributed by atoms with Gasteiger partial charge >= 0.3 is 5.97 Å². The number of carbonyl (C=O) groups is 4. The molecule has 3 amide bonds. The van der Waals surface area contributed by atoms with Gasteiger partial charge in [0, 0.05) is 23.1 Å². The van der Waals surface area contributed by atoms with Crippen molar-refractivity contribution in [1.29, 1.82) is 0 Å². The number of anilines is 1. The second-order valence-corrected chi connectivity index (χ2v) is 13.1. The number of carboxylic acid groups (broad SMARTS) is 1. The largest absolute Gasteiger partial charge is 0.477 e. The van der Waals surface area contributed by atoms with E-state index in [0.29, 0.717) is 10.6 Å². The van der Waals surface area contributed by atoms with Gasteiger partial charge in [-0.05, 0) is 32.4 Å². The number of hydrazine groups is 1. The lowest BCUT2D eigenvalue weighted by molar-refractivity contribution is -0.150. The van der Waals surface area contributed by atoms with Crippen LogP contribution in [-0.4, -0.2) is 97.6 Å². The van der Waals surface area contributed by atoms with Crippen molar-refractivity contribution in [2.24, 2.45) is 11.0 Å². The van der Waals surface area contributed by atoms with Gasteiger partial charge in [-0.2, -0.15) is 9.50 Å². The maximum absolute atomic E-state index is 13.4. The zero-order valence-corrected chi connectivity index (χ0v) is 26.3. The minimum Gasteiger partial charge on any atom is -0.477 e. The number of aliphatic carboxylic acids is 1. The molecule has 0 bridgehead atoms. The molecule has 0 radical (unpaired) electrons. The molecule has 0 aromatic carbocycles. The van der Waals surface area contributed by atoms with Gasteiger partial charge in [0.2, 0.25) is 5.60 Å². The van der Waals surface area contributed by atoms with Crippen LogP contribution in [0, 0.1) is 0 Å². The molecule has 0 saturated carbocycles. The van der Waals surface area contributed by atoms with E-state index in [1.165, 1.54) is 60.4 Å². The van der Waals surface area contributed by atoms with Crippen LogP contribution in [0.15, 0.2) is 39.1 Å². The summed E-state index contributed by atoms with van der Waals surface area (Å²) in [6.07, 6.45) is 0.626. The molecule has 0 spiro atoms. The standard InChI is InChI=1S/C24H27N11O7S3/c1-9(36)16-30-23-27-5-4-12(35(23)32-16)43-6-10-7-44-19-14(18(38)34(19)15(10)20(39)40)29-17(37)13(11-8-45-22(25)28-11)33-42-24(2,3)21(41)31-26/h4-5,8-9,14,19,36H,6-7,26H2,1-3H3,(H2,25,28)(H,29,37)(H,31,41)(H,39,40)/t9?,14?,19-/m0/s1. The van der Waals surface area contributed by atoms with Gasteiger partial charge in [-0.3, -0.25) is 24.7 Å². The number of rotatable bonds is 11. The first kappa shape index (κ1) is 32.1. The van der Waals surface area contributed by atoms with Crippen LogP contribution in [0.5, 0.6) is 0 Å². The van der Waals surface area contributed by atoms with Crippen LogP contribution in [0.3, 0.4) is 0 Å². The van der Waals surface area contributed by atoms with E-state index in [9.17, 15) is 29.4 Å². The van der Waals surface area contributed by atoms with Crippen LogP contribution in [0.1, 0.15) is 38.4 Å². The molecule has 2 unspecified atom stereocenters. The van der Waals surface area contributed by atoms with Crippen LogP contribution in [0.25, 0.3) is 5.78 Å². The van der Waals surface area contributed by atoms with E-state index < -0.39 is 46.8 Å². The number of aromatic nitrogens is 5. The predicted octanol–water partition coefficient (Wildman–Crippen LogP) is -0.764. The van der Waals surface area contributed by atoms with Crippen molar-refractivity contribution >= 4 is 75.2 Å². The number of thioether (sulfide) groups is 2. The molecule has 1 saturated heterocycles. The van der Waals surface area contributed by atoms with E-state index in [2.05, 4.69) is 30.5 Å². The first-order valence-electron chi connectivity index (χ1n) is 13.0. The third kappa shape index (κ3) is 6.29. The second-order valence-electron chi connectivity index (χ2n) is 10.1. The van der Waals surface area contributed by atoms with E-state index in [1.54, 1.807) is 6.07 Å². The van der Waals surface area contributed by atoms with Gasteiger partial charge in [0.1, 0.15) is 33.9 Å². The highest BCUT2D eigenvalue weighted by Gasteiger charge is 2.54. The molecule has 1 fully saturated rings. The molecule has 2 aliphatic rings. The van der Waals surface area contributed by atoms with Crippen molar-refractivity contribution in [3.63, 3.8) is 0 Å². The molecular formula is C24H27N11O7S3. The summed E-state index contributed by atoms with van der Waals surface area (Å²) in [5.41, 5.74) is 6.12. The molecule has 238 valence electrons. The van der Waals surface area contributed by atoms with Gasteiger partial charge in [0.25, 0.3) is 23.5 Å². The molecular weight excluding hydrogens is 651 g/mol. The zero-order chi connectivity index (χ0) is 32.6. The van der Waals surface area contributed by atoms with Crippen molar-refractivity contribution in [3.8, 4) is 0 Å². The zero-order valence-electron chi connectivity index (χ0n) is 23.8. The minimum atomic E-state index is -1.56. The predicted molar refractivity (Wildman–Crippen MR) is 162 cm³/mol. The molecule has 0 aliphatic carbocycles. The Morgan fingerprint density at radius 2 is 2.09 bits per heavy atom. The Morgan fingerprint density at radius 3 is 2.73 bits per heavy atom. The van der Waals surface area contributed by atoms with Crippen LogP contribution < -0.4 is 22.3 Å². The highest BCUT2D eigenvalue weighted by atomic mass is 32.2. The van der Waals surface area contributed by atoms with Gasteiger partial charge in [0.05, 0.1) is 0 Å². The summed E-state index contributed by atoms with van der Waals surface area (Å²) in [5.74, 6) is 2.63. The van der Waals surface area contributed by atoms with Crippen LogP contribution >= 0.6 is 34.9 Å². The van der Waals surface area contributed by atoms with Crippen molar-refractivity contribution in [1.82, 2.24) is 40.2 Å². The Bertz CT molecular complexity index is 1750. The van der Waals surface area contributed by atoms with Gasteiger partial charge in [0.15, 0.2) is 16.7 Å². The number of hydrogen-bond acceptors (Lipinski definition) is 16. The van der Waals surface area contributed by atoms with Gasteiger partial charge in [-0.25, -0.2) is 20.6 Å². The Hall–Kier alpha value is -4.31. The fourth-order valence-electron chi connectivity index (χ4n) is 4.22. The van der Waals surface area contributed by atoms with Gasteiger partial charge < -0.3 is 26.1 Å². The molecule has 3 aromatic rings. The molecule has 5 rings (SSSR count). The highest BCUT2D eigenvalue weighted by molar-refractivity contribution is 8.01. The van der Waals surface area contributed by atoms with Crippen LogP contribution in [0.4, 0.5) is 5.13 Å². The number of thiazole rings is 1. The van der Waals surface area contributed by atoms with E-state index in [-0.39, 0.29) is 45.3 Å². The van der Waals surface area contributed by atoms with E-state index >= 15 is 0 Å². The van der Waals surface area contributed by atoms with E-state index in [1.807, 2.05) is 5.43 Å². The number of aliphatic hydroxyl groups excluding tert-OH is 1. The number of nitrogen functional groups attached to an aromatic ring is 1. The lowest BCUT2D eigenvalue weighted by Crippen LogP contribution is -2.71. The Kier molecular flexibility index (Phi) is 8.98. The Morgan fingerprint density at radius 1 is 1.33 bits per heavy atom. The number of β-lactam (4-membered cyclic amide) rings is 1. The van der Waals surface area contributed by atoms with Gasteiger partial charge in [-0.1, -0.05) is 5.16 Å². The normalized spacial score (nSPS) is 19.2. The molecule has 18 nitrogen and oxygen atoms in total. The molecule has 3 atom stereocenters. The molecule has 5 heterocycles. The van der Waals surface area contributed by atoms with E-state index in [4.69, 9.17) is 16.4 Å². The third-order valence-electron chi connectivity index (χ3n) is 6.55. The van der Waals surface area contributed by atoms with E-state index in [0.717, 1.165) is 16.2 Å². The fraction of sp³-hybridized carbons (Fsp3) is 0.375. The average molecular weight is 678 g/mol. The number of nitrogens with two attached hydrogens (primary N) is 2. The van der Waals surface area contributed by atoms with Crippen LogP contribution in [0.2, 0.25) is 0 Å². The van der Waals surface area contributed by atoms with Crippen molar-refractivity contribution < 1.29 is 34.2 Å². The molecule has 21 heteroatoms. The topological polar surface area (TPSA) is 266 Å². The lowest BCUT2D eigenvalue weighted by Gasteiger charge is -2.49. The highest BCUT2D eigenvalue weighted by Crippen LogP contribution is 2.41. The van der Waals surface area contributed by atoms with Crippen molar-refractivity contribution in [2.75, 3.05) is 17.2 Å². The Labute approximate surface area is 266 Å². The average Bonchev–Trinajstić information content (AvgIpc) is 3.64. The minimum absolute atomic E-state index is 0.0440. The summed E-state index contributed by atoms with van der Waals surface area (Å²) in [7, 11) is 0. The summed E-state index contributed by atoms with van der Waals surface area (Å²) >= 11 is 3.59. The van der Waals surface area contributed by atoms with Gasteiger partial charge in [-0.15, -0.1) is 40.0 Å². The summed E-state index contributed by atoms with van der Waals surface area (Å²) in [6, 6.07) is 0.599. The molecule has 3 aromatic heterocycles. The fourth-order valence-corrected chi connectivity index (χ4v) is 7.20. The summed E-state index contributed by atoms with van der Waals surface area (Å²) in [4.78, 5) is 69.9. The first-order valence-corrected chi connectivity index (χ1v) is 16.0. The number of nitrogens with zero attached hydrogens (tertiary/aromatic N) is 7. The smallest absolute Gasteiger partial charge is 0.352 e. The number of nitrogens with one attached hydrogen (secondary N) is 2. The summed E-state index contributed by atoms with van der Waals surface area (Å²) < 4.78 is 1.45. The first-order chi connectivity index (χ1) is 21.3. The number of oxime groups is 1. The summed E-state index contributed by atoms with van der Waals surface area (Å²) in [6.45, 7) is 4.28. The lowest BCUT2D eigenvalue weighted by atomic mass is 10.0. The summed E-state index contributed by atoms with van der Waals surface area (Å²) in [5, 5.41) is 32.1. The molecule has 8 N–H and O–H groups in total. The monoisotopic (exact) mass is 677 g/mol. The number of fused-ring (bicyclic) bond motifs is 2. The molecule has 45 heavy (non-hydrogen) atoms.